The molecule has 5 heteroatoms. The molecule has 0 saturated carbocycles. The number of Topliss-reactive ketones (excluding diaryl/α,β-unsaturated/α-hetero) is 2. The van der Waals surface area contributed by atoms with E-state index in [4.69, 9.17) is 4.74 Å². The van der Waals surface area contributed by atoms with Gasteiger partial charge in [-0.05, 0) is 87.5 Å². The molecule has 0 heterocycles. The van der Waals surface area contributed by atoms with Gasteiger partial charge in [0.2, 0.25) is 0 Å². The van der Waals surface area contributed by atoms with Crippen LogP contribution in [-0.4, -0.2) is 34.9 Å². The lowest BCUT2D eigenvalue weighted by atomic mass is 9.71. The zero-order valence-electron chi connectivity index (χ0n) is 40.1. The number of carbonyl (C=O) groups excluding carboxylic acids is 3. The van der Waals surface area contributed by atoms with E-state index in [9.17, 15) is 19.5 Å². The van der Waals surface area contributed by atoms with Crippen LogP contribution in [0.5, 0.6) is 0 Å². The number of ketones is 2. The predicted octanol–water partition coefficient (Wildman–Crippen LogP) is 14.9. The Hall–Kier alpha value is -4.09. The van der Waals surface area contributed by atoms with Crippen LogP contribution >= 0.6 is 0 Å². The monoisotopic (exact) mass is 835 g/mol. The molecule has 0 aromatic rings. The number of unbranched alkanes of at least 4 members (excludes halogenated alkanes) is 12. The van der Waals surface area contributed by atoms with Crippen molar-refractivity contribution in [2.45, 2.75) is 191 Å². The van der Waals surface area contributed by atoms with E-state index in [-0.39, 0.29) is 28.4 Å². The van der Waals surface area contributed by atoms with Crippen molar-refractivity contribution < 1.29 is 24.2 Å². The van der Waals surface area contributed by atoms with Gasteiger partial charge in [-0.3, -0.25) is 14.4 Å². The molecule has 1 N–H and O–H groups in total. The summed E-state index contributed by atoms with van der Waals surface area (Å²) in [4.78, 5) is 38.4. The van der Waals surface area contributed by atoms with Crippen molar-refractivity contribution in [3.8, 4) is 0 Å². The number of aliphatic hydroxyl groups is 1. The van der Waals surface area contributed by atoms with Crippen LogP contribution in [0, 0.1) is 10.8 Å². The molecule has 5 nitrogen and oxygen atoms in total. The topological polar surface area (TPSA) is 80.7 Å². The highest BCUT2D eigenvalue weighted by atomic mass is 16.5. The maximum Gasteiger partial charge on any atom is 0.306 e. The third-order valence-corrected chi connectivity index (χ3v) is 12.0. The molecule has 336 valence electrons. The van der Waals surface area contributed by atoms with E-state index in [1.807, 2.05) is 69.4 Å². The van der Waals surface area contributed by atoms with Crippen LogP contribution in [0.25, 0.3) is 0 Å². The minimum atomic E-state index is -0.913. The number of esters is 1. The molecule has 0 radical (unpaired) electrons. The Kier molecular flexibility index (Phi) is 24.2. The average Bonchev–Trinajstić information content (AvgIpc) is 3.19. The molecule has 0 saturated heterocycles. The molecule has 0 aliphatic heterocycles. The highest BCUT2D eigenvalue weighted by Gasteiger charge is 2.40. The van der Waals surface area contributed by atoms with Crippen LogP contribution in [0.15, 0.2) is 130 Å². The van der Waals surface area contributed by atoms with Gasteiger partial charge in [0.15, 0.2) is 17.7 Å². The third-order valence-electron chi connectivity index (χ3n) is 12.0. The zero-order chi connectivity index (χ0) is 45.4. The van der Waals surface area contributed by atoms with Gasteiger partial charge < -0.3 is 9.84 Å². The second kappa shape index (κ2) is 27.8. The summed E-state index contributed by atoms with van der Waals surface area (Å²) in [6.45, 7) is 22.5. The minimum Gasteiger partial charge on any atom is -0.454 e. The number of hydrogen-bond acceptors (Lipinski definition) is 5. The van der Waals surface area contributed by atoms with E-state index in [1.165, 1.54) is 64.2 Å². The summed E-state index contributed by atoms with van der Waals surface area (Å²) in [5.74, 6) is -0.514. The molecule has 2 aliphatic carbocycles. The van der Waals surface area contributed by atoms with Crippen LogP contribution in [0.1, 0.15) is 179 Å². The van der Waals surface area contributed by atoms with Gasteiger partial charge in [-0.2, -0.15) is 0 Å². The first-order valence-corrected chi connectivity index (χ1v) is 23.4. The Morgan fingerprint density at radius 3 is 1.41 bits per heavy atom. The van der Waals surface area contributed by atoms with Crippen molar-refractivity contribution in [2.24, 2.45) is 10.8 Å². The molecule has 61 heavy (non-hydrogen) atoms. The van der Waals surface area contributed by atoms with Crippen LogP contribution in [0.2, 0.25) is 0 Å². The summed E-state index contributed by atoms with van der Waals surface area (Å²) in [6, 6.07) is 0. The van der Waals surface area contributed by atoms with Gasteiger partial charge >= 0.3 is 5.97 Å². The van der Waals surface area contributed by atoms with Crippen LogP contribution in [-0.2, 0) is 19.1 Å². The lowest BCUT2D eigenvalue weighted by Gasteiger charge is -2.36. The molecule has 0 bridgehead atoms. The molecule has 0 fully saturated rings. The zero-order valence-corrected chi connectivity index (χ0v) is 40.1. The fourth-order valence-corrected chi connectivity index (χ4v) is 8.20. The first kappa shape index (κ1) is 53.0. The fraction of sp³-hybridized carbons (Fsp3) is 0.554. The Bertz CT molecular complexity index is 1800. The lowest BCUT2D eigenvalue weighted by molar-refractivity contribution is -0.156. The number of carbonyl (C=O) groups is 3. The fourth-order valence-electron chi connectivity index (χ4n) is 8.20. The van der Waals surface area contributed by atoms with Gasteiger partial charge in [0, 0.05) is 12.8 Å². The van der Waals surface area contributed by atoms with E-state index >= 15 is 0 Å². The highest BCUT2D eigenvalue weighted by molar-refractivity contribution is 6.02. The Labute approximate surface area is 372 Å². The maximum absolute atomic E-state index is 13.3. The van der Waals surface area contributed by atoms with Gasteiger partial charge in [0.25, 0.3) is 0 Å². The van der Waals surface area contributed by atoms with Gasteiger partial charge in [0.1, 0.15) is 6.10 Å². The van der Waals surface area contributed by atoms with Crippen molar-refractivity contribution in [3.63, 3.8) is 0 Å². The maximum atomic E-state index is 13.3. The lowest BCUT2D eigenvalue weighted by Crippen LogP contribution is -2.39. The number of rotatable bonds is 25. The quantitative estimate of drug-likeness (QED) is 0.0563. The Morgan fingerprint density at radius 2 is 0.951 bits per heavy atom. The van der Waals surface area contributed by atoms with E-state index in [2.05, 4.69) is 84.9 Å². The largest absolute Gasteiger partial charge is 0.454 e. The summed E-state index contributed by atoms with van der Waals surface area (Å²) < 4.78 is 5.77. The van der Waals surface area contributed by atoms with E-state index in [0.29, 0.717) is 30.4 Å². The molecule has 2 atom stereocenters. The van der Waals surface area contributed by atoms with Crippen molar-refractivity contribution in [3.05, 3.63) is 130 Å². The van der Waals surface area contributed by atoms with Crippen molar-refractivity contribution in [1.29, 1.82) is 0 Å². The van der Waals surface area contributed by atoms with Crippen LogP contribution in [0.3, 0.4) is 0 Å². The van der Waals surface area contributed by atoms with Crippen LogP contribution in [0.4, 0.5) is 0 Å². The molecule has 0 aromatic heterocycles. The molecule has 0 unspecified atom stereocenters. The van der Waals surface area contributed by atoms with E-state index in [1.54, 1.807) is 6.92 Å². The predicted molar refractivity (Wildman–Crippen MR) is 259 cm³/mol. The molecule has 0 aromatic carbocycles. The van der Waals surface area contributed by atoms with Crippen molar-refractivity contribution >= 4 is 17.5 Å². The van der Waals surface area contributed by atoms with Gasteiger partial charge in [0.05, 0.1) is 0 Å². The second-order valence-corrected chi connectivity index (χ2v) is 18.9. The molecular weight excluding hydrogens is 753 g/mol. The molecule has 0 amide bonds. The smallest absolute Gasteiger partial charge is 0.306 e. The van der Waals surface area contributed by atoms with Crippen molar-refractivity contribution in [1.82, 2.24) is 0 Å². The second-order valence-electron chi connectivity index (χ2n) is 18.9. The number of hydrogen-bond donors (Lipinski definition) is 1. The Morgan fingerprint density at radius 1 is 0.574 bits per heavy atom. The minimum absolute atomic E-state index is 0.0834. The molecule has 2 rings (SSSR count). The van der Waals surface area contributed by atoms with Crippen LogP contribution < -0.4 is 0 Å². The normalized spacial score (nSPS) is 20.9. The summed E-state index contributed by atoms with van der Waals surface area (Å²) in [5, 5.41) is 10.1. The molecular formula is C56H82O5. The van der Waals surface area contributed by atoms with E-state index in [0.717, 1.165) is 52.7 Å². The summed E-state index contributed by atoms with van der Waals surface area (Å²) in [7, 11) is 0. The SMILES string of the molecule is CCCCCCCCCCCCCCCC(=O)O[C@H]1CC(C)(C)C(/C=C/C(C)=C/C=C/C(C)=C/C=C/C=C(C)/C=C/C=C(C)/C=C/C2=C(C)C(=O)[C@@H](O)CC2(C)C)=C(C)C1=O. The van der Waals surface area contributed by atoms with Crippen molar-refractivity contribution in [2.75, 3.05) is 0 Å². The Balaban J connectivity index is 1.82. The third kappa shape index (κ3) is 20.1. The molecule has 0 spiro atoms. The summed E-state index contributed by atoms with van der Waals surface area (Å²) >= 11 is 0. The van der Waals surface area contributed by atoms with Gasteiger partial charge in [-0.15, -0.1) is 0 Å². The molecule has 2 aliphatic rings. The number of ether oxygens (including phenoxy) is 1. The average molecular weight is 835 g/mol. The van der Waals surface area contributed by atoms with Gasteiger partial charge in [-0.25, -0.2) is 0 Å². The standard InChI is InChI=1S/C56H82O5/c1-12-13-14-15-16-17-18-19-20-21-22-23-24-35-52(58)61-51-41-56(10,11)49(47(7)54(51)60)39-37-45(5)34-28-32-43(3)30-26-25-29-42(2)31-27-33-44(4)36-38-48-46(6)53(59)50(57)40-55(48,8)9/h25-34,36-39,50-51,57H,12-24,35,40-41H2,1-11H3/b26-25+,31-27+,32-28+,38-36+,39-37+,42-29+,43-30+,44-33+,45-34+/t50-,51-/m0/s1. The summed E-state index contributed by atoms with van der Waals surface area (Å²) in [6.07, 6.45) is 44.7. The number of aliphatic hydroxyl groups excluding tert-OH is 1. The number of allylic oxidation sites excluding steroid dienone is 20. The first-order valence-electron chi connectivity index (χ1n) is 23.4. The highest BCUT2D eigenvalue weighted by Crippen LogP contribution is 2.41. The summed E-state index contributed by atoms with van der Waals surface area (Å²) in [5.41, 5.74) is 7.12. The first-order chi connectivity index (χ1) is 28.9. The van der Waals surface area contributed by atoms with Gasteiger partial charge in [-0.1, -0.05) is 219 Å². The van der Waals surface area contributed by atoms with E-state index < -0.39 is 12.2 Å².